The normalized spacial score (nSPS) is 14.4. The standard InChI is InChI=1S/C31H36N2O4S/c1-22-8-11-26(12-9-22)38-31(21-32,25-10-13-28(35-2)30(18-25)37-4)14-6-5-7-15-33-19-23-16-27(34)29(36-3)17-24(23)20-33/h8-13,16-18,34H,5-7,14-15,19-20H2,1-4H3. The Morgan fingerprint density at radius 3 is 2.21 bits per heavy atom. The first-order valence-corrected chi connectivity index (χ1v) is 13.7. The zero-order valence-electron chi connectivity index (χ0n) is 22.6. The molecule has 0 saturated carbocycles. The molecule has 1 unspecified atom stereocenters. The summed E-state index contributed by atoms with van der Waals surface area (Å²) in [6.07, 6.45) is 3.71. The Hall–Kier alpha value is -3.34. The number of aryl methyl sites for hydroxylation is 1. The van der Waals surface area contributed by atoms with Gasteiger partial charge in [-0.2, -0.15) is 5.26 Å². The van der Waals surface area contributed by atoms with Gasteiger partial charge in [0.05, 0.1) is 27.4 Å². The first kappa shape index (κ1) is 27.7. The van der Waals surface area contributed by atoms with Crippen LogP contribution < -0.4 is 14.2 Å². The van der Waals surface area contributed by atoms with Crippen molar-refractivity contribution in [1.29, 1.82) is 5.26 Å². The number of hydrogen-bond acceptors (Lipinski definition) is 7. The number of rotatable bonds is 12. The molecule has 0 radical (unpaired) electrons. The molecule has 1 atom stereocenters. The van der Waals surface area contributed by atoms with Crippen LogP contribution in [-0.2, 0) is 17.8 Å². The van der Waals surface area contributed by atoms with Crippen LogP contribution in [0.15, 0.2) is 59.5 Å². The Morgan fingerprint density at radius 1 is 0.868 bits per heavy atom. The first-order valence-electron chi connectivity index (χ1n) is 12.9. The van der Waals surface area contributed by atoms with Crippen molar-refractivity contribution in [3.63, 3.8) is 0 Å². The number of phenolic OH excluding ortho intramolecular Hbond substituents is 1. The van der Waals surface area contributed by atoms with Crippen molar-refractivity contribution in [3.8, 4) is 29.1 Å². The molecule has 200 valence electrons. The van der Waals surface area contributed by atoms with Crippen LogP contribution in [0.2, 0.25) is 0 Å². The van der Waals surface area contributed by atoms with E-state index in [9.17, 15) is 10.4 Å². The average Bonchev–Trinajstić information content (AvgIpc) is 3.33. The van der Waals surface area contributed by atoms with Crippen molar-refractivity contribution in [1.82, 2.24) is 4.90 Å². The summed E-state index contributed by atoms with van der Waals surface area (Å²) in [6.45, 7) is 4.74. The molecular formula is C31H36N2O4S. The summed E-state index contributed by atoms with van der Waals surface area (Å²) in [5.41, 5.74) is 4.49. The second-order valence-corrected chi connectivity index (χ2v) is 11.1. The third-order valence-electron chi connectivity index (χ3n) is 7.14. The number of nitrogens with zero attached hydrogens (tertiary/aromatic N) is 2. The van der Waals surface area contributed by atoms with E-state index in [1.54, 1.807) is 33.1 Å². The van der Waals surface area contributed by atoms with Gasteiger partial charge in [0.25, 0.3) is 0 Å². The van der Waals surface area contributed by atoms with Crippen LogP contribution in [0.3, 0.4) is 0 Å². The van der Waals surface area contributed by atoms with Crippen LogP contribution in [-0.4, -0.2) is 37.9 Å². The first-order chi connectivity index (χ1) is 18.4. The summed E-state index contributed by atoms with van der Waals surface area (Å²) < 4.78 is 15.5. The summed E-state index contributed by atoms with van der Waals surface area (Å²) in [5.74, 6) is 2.01. The second kappa shape index (κ2) is 12.5. The van der Waals surface area contributed by atoms with Crippen LogP contribution in [0.5, 0.6) is 23.0 Å². The summed E-state index contributed by atoms with van der Waals surface area (Å²) >= 11 is 1.61. The smallest absolute Gasteiger partial charge is 0.161 e. The van der Waals surface area contributed by atoms with Crippen LogP contribution in [0, 0.1) is 18.3 Å². The Kier molecular flexibility index (Phi) is 9.09. The van der Waals surface area contributed by atoms with Crippen LogP contribution in [0.4, 0.5) is 0 Å². The minimum Gasteiger partial charge on any atom is -0.504 e. The fourth-order valence-electron chi connectivity index (χ4n) is 4.99. The molecule has 7 heteroatoms. The molecular weight excluding hydrogens is 496 g/mol. The highest BCUT2D eigenvalue weighted by Crippen LogP contribution is 2.47. The molecule has 1 heterocycles. The maximum atomic E-state index is 10.5. The molecule has 0 amide bonds. The molecule has 0 bridgehead atoms. The van der Waals surface area contributed by atoms with Crippen LogP contribution in [0.25, 0.3) is 0 Å². The van der Waals surface area contributed by atoms with Gasteiger partial charge >= 0.3 is 0 Å². The number of methoxy groups -OCH3 is 3. The van der Waals surface area contributed by atoms with Crippen molar-refractivity contribution in [2.45, 2.75) is 55.3 Å². The van der Waals surface area contributed by atoms with Crippen molar-refractivity contribution in [3.05, 3.63) is 76.9 Å². The molecule has 0 aliphatic carbocycles. The number of fused-ring (bicyclic) bond motifs is 1. The summed E-state index contributed by atoms with van der Waals surface area (Å²) in [7, 11) is 4.82. The zero-order valence-corrected chi connectivity index (χ0v) is 23.4. The minimum absolute atomic E-state index is 0.196. The topological polar surface area (TPSA) is 75.0 Å². The van der Waals surface area contributed by atoms with E-state index in [0.29, 0.717) is 17.2 Å². The molecule has 1 aliphatic rings. The Labute approximate surface area is 230 Å². The summed E-state index contributed by atoms with van der Waals surface area (Å²) in [5, 5.41) is 20.6. The maximum absolute atomic E-state index is 10.5. The molecule has 3 aromatic rings. The van der Waals surface area contributed by atoms with Gasteiger partial charge in [-0.15, -0.1) is 0 Å². The molecule has 0 fully saturated rings. The molecule has 0 saturated heterocycles. The third kappa shape index (κ3) is 6.20. The highest BCUT2D eigenvalue weighted by molar-refractivity contribution is 8.00. The fraction of sp³-hybridized carbons (Fsp3) is 0.387. The fourth-order valence-corrected chi connectivity index (χ4v) is 6.20. The van der Waals surface area contributed by atoms with Gasteiger partial charge in [0.2, 0.25) is 0 Å². The molecule has 1 aliphatic heterocycles. The number of ether oxygens (including phenoxy) is 3. The van der Waals surface area contributed by atoms with E-state index < -0.39 is 4.75 Å². The van der Waals surface area contributed by atoms with Gasteiger partial charge in [0, 0.05) is 18.0 Å². The van der Waals surface area contributed by atoms with E-state index >= 15 is 0 Å². The number of aromatic hydroxyl groups is 1. The quantitative estimate of drug-likeness (QED) is 0.203. The Morgan fingerprint density at radius 2 is 1.55 bits per heavy atom. The molecule has 0 spiro atoms. The van der Waals surface area contributed by atoms with Gasteiger partial charge in [-0.1, -0.05) is 48.4 Å². The monoisotopic (exact) mass is 532 g/mol. The number of benzene rings is 3. The van der Waals surface area contributed by atoms with Gasteiger partial charge < -0.3 is 19.3 Å². The van der Waals surface area contributed by atoms with E-state index in [0.717, 1.165) is 61.3 Å². The predicted molar refractivity (Wildman–Crippen MR) is 151 cm³/mol. The lowest BCUT2D eigenvalue weighted by atomic mass is 9.93. The van der Waals surface area contributed by atoms with Crippen molar-refractivity contribution in [2.75, 3.05) is 27.9 Å². The number of thioether (sulfide) groups is 1. The summed E-state index contributed by atoms with van der Waals surface area (Å²) in [4.78, 5) is 3.47. The van der Waals surface area contributed by atoms with Crippen molar-refractivity contribution < 1.29 is 19.3 Å². The highest BCUT2D eigenvalue weighted by Gasteiger charge is 2.34. The predicted octanol–water partition coefficient (Wildman–Crippen LogP) is 6.81. The molecule has 6 nitrogen and oxygen atoms in total. The van der Waals surface area contributed by atoms with Gasteiger partial charge in [0.1, 0.15) is 4.75 Å². The molecule has 0 aromatic heterocycles. The number of unbranched alkanes of at least 4 members (excludes halogenated alkanes) is 2. The van der Waals surface area contributed by atoms with Crippen molar-refractivity contribution >= 4 is 11.8 Å². The van der Waals surface area contributed by atoms with Gasteiger partial charge in [-0.3, -0.25) is 4.90 Å². The lowest BCUT2D eigenvalue weighted by molar-refractivity contribution is 0.276. The van der Waals surface area contributed by atoms with Crippen LogP contribution >= 0.6 is 11.8 Å². The van der Waals surface area contributed by atoms with E-state index in [1.165, 1.54) is 11.1 Å². The third-order valence-corrected chi connectivity index (χ3v) is 8.52. The van der Waals surface area contributed by atoms with Gasteiger partial charge in [0.15, 0.2) is 23.0 Å². The molecule has 3 aromatic carbocycles. The van der Waals surface area contributed by atoms with E-state index in [4.69, 9.17) is 14.2 Å². The minimum atomic E-state index is -0.743. The van der Waals surface area contributed by atoms with E-state index in [2.05, 4.69) is 42.2 Å². The van der Waals surface area contributed by atoms with Gasteiger partial charge in [-0.25, -0.2) is 0 Å². The Balaban J connectivity index is 1.42. The lowest BCUT2D eigenvalue weighted by Gasteiger charge is -2.28. The number of phenols is 1. The molecule has 4 rings (SSSR count). The van der Waals surface area contributed by atoms with E-state index in [-0.39, 0.29) is 5.75 Å². The van der Waals surface area contributed by atoms with E-state index in [1.807, 2.05) is 30.3 Å². The zero-order chi connectivity index (χ0) is 27.1. The second-order valence-electron chi connectivity index (χ2n) is 9.74. The lowest BCUT2D eigenvalue weighted by Crippen LogP contribution is -2.21. The molecule has 1 N–H and O–H groups in total. The summed E-state index contributed by atoms with van der Waals surface area (Å²) in [6, 6.07) is 20.6. The average molecular weight is 533 g/mol. The largest absolute Gasteiger partial charge is 0.504 e. The maximum Gasteiger partial charge on any atom is 0.161 e. The highest BCUT2D eigenvalue weighted by atomic mass is 32.2. The number of hydrogen-bond donors (Lipinski definition) is 1. The van der Waals surface area contributed by atoms with Crippen LogP contribution in [0.1, 0.15) is 47.9 Å². The van der Waals surface area contributed by atoms with Crippen molar-refractivity contribution in [2.24, 2.45) is 0 Å². The SMILES string of the molecule is COc1cc2c(cc1O)CN(CCCCCC(C#N)(Sc1ccc(C)cc1)c1ccc(OC)c(OC)c1)C2. The molecule has 38 heavy (non-hydrogen) atoms. The van der Waals surface area contributed by atoms with Gasteiger partial charge in [-0.05, 0) is 79.4 Å². The number of nitriles is 1. The Bertz CT molecular complexity index is 1290.